The number of benzene rings is 2. The molecule has 2 aromatic carbocycles. The van der Waals surface area contributed by atoms with E-state index in [0.29, 0.717) is 11.1 Å². The van der Waals surface area contributed by atoms with Crippen LogP contribution in [0.3, 0.4) is 0 Å². The van der Waals surface area contributed by atoms with Crippen molar-refractivity contribution in [1.82, 2.24) is 0 Å². The molecule has 104 valence electrons. The highest BCUT2D eigenvalue weighted by Gasteiger charge is 2.38. The Morgan fingerprint density at radius 1 is 0.952 bits per heavy atom. The molecule has 0 fully saturated rings. The number of carbonyl (C=O) groups excluding carboxylic acids is 2. The number of nitrogens with zero attached hydrogens (tertiary/aromatic N) is 1. The number of aryl methyl sites for hydroxylation is 2. The molecule has 0 aromatic heterocycles. The number of rotatable bonds is 1. The minimum atomic E-state index is -0.199. The van der Waals surface area contributed by atoms with Gasteiger partial charge in [-0.1, -0.05) is 18.2 Å². The van der Waals surface area contributed by atoms with Gasteiger partial charge in [-0.3, -0.25) is 9.59 Å². The lowest BCUT2D eigenvalue weighted by Gasteiger charge is -2.19. The van der Waals surface area contributed by atoms with E-state index in [2.05, 4.69) is 6.07 Å². The molecule has 21 heavy (non-hydrogen) atoms. The van der Waals surface area contributed by atoms with Crippen molar-refractivity contribution in [2.24, 2.45) is 0 Å². The van der Waals surface area contributed by atoms with E-state index in [1.165, 1.54) is 10.5 Å². The van der Waals surface area contributed by atoms with Gasteiger partial charge in [-0.05, 0) is 61.1 Å². The molecule has 0 N–H and O–H groups in total. The van der Waals surface area contributed by atoms with Gasteiger partial charge >= 0.3 is 0 Å². The summed E-state index contributed by atoms with van der Waals surface area (Å²) in [5.74, 6) is -0.398. The maximum Gasteiger partial charge on any atom is 0.266 e. The van der Waals surface area contributed by atoms with Crippen LogP contribution in [0.15, 0.2) is 36.4 Å². The first-order valence-corrected chi connectivity index (χ1v) is 7.27. The van der Waals surface area contributed by atoms with Crippen molar-refractivity contribution in [3.63, 3.8) is 0 Å². The largest absolute Gasteiger partial charge is 0.268 e. The van der Waals surface area contributed by atoms with Gasteiger partial charge in [0.2, 0.25) is 0 Å². The van der Waals surface area contributed by atoms with E-state index in [9.17, 15) is 9.59 Å². The maximum atomic E-state index is 12.6. The Bertz CT molecular complexity index is 757. The van der Waals surface area contributed by atoms with Crippen molar-refractivity contribution in [3.05, 3.63) is 64.2 Å². The molecule has 0 spiro atoms. The summed E-state index contributed by atoms with van der Waals surface area (Å²) in [5, 5.41) is 0. The van der Waals surface area contributed by atoms with Gasteiger partial charge in [0.05, 0.1) is 16.8 Å². The van der Waals surface area contributed by atoms with Gasteiger partial charge in [0, 0.05) is 0 Å². The normalized spacial score (nSPS) is 16.3. The summed E-state index contributed by atoms with van der Waals surface area (Å²) in [6.07, 6.45) is 3.07. The van der Waals surface area contributed by atoms with Gasteiger partial charge in [0.15, 0.2) is 0 Å². The van der Waals surface area contributed by atoms with Gasteiger partial charge < -0.3 is 0 Å². The Kier molecular flexibility index (Phi) is 2.52. The van der Waals surface area contributed by atoms with Crippen LogP contribution in [0.4, 0.5) is 5.69 Å². The molecule has 0 bridgehead atoms. The van der Waals surface area contributed by atoms with Crippen LogP contribution in [0.25, 0.3) is 0 Å². The zero-order valence-corrected chi connectivity index (χ0v) is 11.8. The first kappa shape index (κ1) is 12.3. The Hall–Kier alpha value is -2.42. The predicted octanol–water partition coefficient (Wildman–Crippen LogP) is 3.28. The molecule has 1 heterocycles. The third-order valence-electron chi connectivity index (χ3n) is 4.37. The van der Waals surface area contributed by atoms with E-state index in [-0.39, 0.29) is 11.8 Å². The predicted molar refractivity (Wildman–Crippen MR) is 80.8 cm³/mol. The average molecular weight is 277 g/mol. The Labute approximate surface area is 123 Å². The lowest BCUT2D eigenvalue weighted by atomic mass is 10.0. The number of fused-ring (bicyclic) bond motifs is 2. The van der Waals surface area contributed by atoms with Crippen molar-refractivity contribution < 1.29 is 9.59 Å². The SMILES string of the molecule is Cc1cc2c(c(N3C(=O)c4ccccc4C3=O)c1)CCC2. The van der Waals surface area contributed by atoms with E-state index < -0.39 is 0 Å². The Morgan fingerprint density at radius 3 is 2.29 bits per heavy atom. The van der Waals surface area contributed by atoms with Gasteiger partial charge in [-0.15, -0.1) is 0 Å². The van der Waals surface area contributed by atoms with Crippen LogP contribution in [-0.4, -0.2) is 11.8 Å². The number of anilines is 1. The second-order valence-corrected chi connectivity index (χ2v) is 5.77. The van der Waals surface area contributed by atoms with Crippen LogP contribution in [0.1, 0.15) is 43.8 Å². The lowest BCUT2D eigenvalue weighted by Crippen LogP contribution is -2.30. The zero-order valence-electron chi connectivity index (χ0n) is 11.8. The van der Waals surface area contributed by atoms with Crippen LogP contribution in [0.2, 0.25) is 0 Å². The quantitative estimate of drug-likeness (QED) is 0.750. The molecule has 2 aliphatic rings. The molecule has 1 aliphatic carbocycles. The van der Waals surface area contributed by atoms with E-state index in [1.807, 2.05) is 13.0 Å². The Balaban J connectivity index is 1.90. The van der Waals surface area contributed by atoms with E-state index in [0.717, 1.165) is 36.1 Å². The standard InChI is InChI=1S/C18H15NO2/c1-11-9-12-5-4-8-13(12)16(10-11)19-17(20)14-6-2-3-7-15(14)18(19)21/h2-3,6-7,9-10H,4-5,8H2,1H3. The van der Waals surface area contributed by atoms with Gasteiger partial charge in [-0.2, -0.15) is 0 Å². The van der Waals surface area contributed by atoms with Crippen molar-refractivity contribution in [1.29, 1.82) is 0 Å². The molecule has 3 heteroatoms. The smallest absolute Gasteiger partial charge is 0.266 e. The highest BCUT2D eigenvalue weighted by atomic mass is 16.2. The van der Waals surface area contributed by atoms with Crippen LogP contribution < -0.4 is 4.90 Å². The van der Waals surface area contributed by atoms with Crippen molar-refractivity contribution in [2.75, 3.05) is 4.90 Å². The van der Waals surface area contributed by atoms with Gasteiger partial charge in [-0.25, -0.2) is 4.90 Å². The zero-order chi connectivity index (χ0) is 14.6. The molecule has 1 aliphatic heterocycles. The highest BCUT2D eigenvalue weighted by molar-refractivity contribution is 6.34. The number of hydrogen-bond acceptors (Lipinski definition) is 2. The molecule has 0 atom stereocenters. The number of hydrogen-bond donors (Lipinski definition) is 0. The molecule has 0 radical (unpaired) electrons. The summed E-state index contributed by atoms with van der Waals surface area (Å²) in [6.45, 7) is 2.01. The Morgan fingerprint density at radius 2 is 1.62 bits per heavy atom. The molecule has 3 nitrogen and oxygen atoms in total. The fourth-order valence-electron chi connectivity index (χ4n) is 3.45. The summed E-state index contributed by atoms with van der Waals surface area (Å²) in [5.41, 5.74) is 5.35. The first-order valence-electron chi connectivity index (χ1n) is 7.27. The van der Waals surface area contributed by atoms with Crippen LogP contribution in [-0.2, 0) is 12.8 Å². The molecule has 4 rings (SSSR count). The topological polar surface area (TPSA) is 37.4 Å². The van der Waals surface area contributed by atoms with Crippen molar-refractivity contribution >= 4 is 17.5 Å². The second kappa shape index (κ2) is 4.29. The average Bonchev–Trinajstić information content (AvgIpc) is 3.03. The summed E-state index contributed by atoms with van der Waals surface area (Å²) < 4.78 is 0. The molecule has 2 aromatic rings. The summed E-state index contributed by atoms with van der Waals surface area (Å²) in [7, 11) is 0. The minimum absolute atomic E-state index is 0.199. The monoisotopic (exact) mass is 277 g/mol. The fraction of sp³-hybridized carbons (Fsp3) is 0.222. The van der Waals surface area contributed by atoms with E-state index >= 15 is 0 Å². The van der Waals surface area contributed by atoms with Crippen molar-refractivity contribution in [2.45, 2.75) is 26.2 Å². The first-order chi connectivity index (χ1) is 10.2. The fourth-order valence-corrected chi connectivity index (χ4v) is 3.45. The molecule has 0 saturated carbocycles. The second-order valence-electron chi connectivity index (χ2n) is 5.77. The molecular weight excluding hydrogens is 262 g/mol. The van der Waals surface area contributed by atoms with E-state index in [4.69, 9.17) is 0 Å². The molecule has 0 saturated heterocycles. The number of imide groups is 1. The van der Waals surface area contributed by atoms with E-state index in [1.54, 1.807) is 24.3 Å². The summed E-state index contributed by atoms with van der Waals surface area (Å²) in [4.78, 5) is 26.6. The highest BCUT2D eigenvalue weighted by Crippen LogP contribution is 2.36. The minimum Gasteiger partial charge on any atom is -0.268 e. The van der Waals surface area contributed by atoms with Crippen LogP contribution in [0.5, 0.6) is 0 Å². The third-order valence-corrected chi connectivity index (χ3v) is 4.37. The maximum absolute atomic E-state index is 12.6. The lowest BCUT2D eigenvalue weighted by molar-refractivity contribution is 0.0926. The van der Waals surface area contributed by atoms with Crippen LogP contribution in [0, 0.1) is 6.92 Å². The molecule has 0 unspecified atom stereocenters. The molecule has 2 amide bonds. The third kappa shape index (κ3) is 1.67. The van der Waals surface area contributed by atoms with Gasteiger partial charge in [0.1, 0.15) is 0 Å². The summed E-state index contributed by atoms with van der Waals surface area (Å²) >= 11 is 0. The van der Waals surface area contributed by atoms with Gasteiger partial charge in [0.25, 0.3) is 11.8 Å². The molecular formula is C18H15NO2. The summed E-state index contributed by atoms with van der Waals surface area (Å²) in [6, 6.07) is 11.2. The van der Waals surface area contributed by atoms with Crippen LogP contribution >= 0.6 is 0 Å². The van der Waals surface area contributed by atoms with Crippen molar-refractivity contribution in [3.8, 4) is 0 Å². The number of carbonyl (C=O) groups is 2. The number of amides is 2.